The lowest BCUT2D eigenvalue weighted by atomic mass is 10.1. The van der Waals surface area contributed by atoms with Crippen LogP contribution in [0.5, 0.6) is 0 Å². The molecule has 2 N–H and O–H groups in total. The van der Waals surface area contributed by atoms with Gasteiger partial charge in [-0.05, 0) is 6.07 Å². The first kappa shape index (κ1) is 10.5. The van der Waals surface area contributed by atoms with Gasteiger partial charge in [0.25, 0.3) is 0 Å². The van der Waals surface area contributed by atoms with Crippen LogP contribution in [0.3, 0.4) is 0 Å². The van der Waals surface area contributed by atoms with Crippen molar-refractivity contribution in [3.8, 4) is 11.3 Å². The van der Waals surface area contributed by atoms with Crippen molar-refractivity contribution in [2.24, 2.45) is 5.73 Å². The van der Waals surface area contributed by atoms with E-state index in [1.165, 1.54) is 0 Å². The second kappa shape index (κ2) is 3.96. The Morgan fingerprint density at radius 3 is 2.89 bits per heavy atom. The zero-order valence-corrected chi connectivity index (χ0v) is 9.45. The maximum Gasteiger partial charge on any atom is 0.249 e. The highest BCUT2D eigenvalue weighted by Crippen LogP contribution is 2.22. The fourth-order valence-corrected chi connectivity index (χ4v) is 1.89. The smallest absolute Gasteiger partial charge is 0.249 e. The van der Waals surface area contributed by atoms with E-state index in [4.69, 9.17) is 5.73 Å². The molecule has 0 saturated carbocycles. The number of imidazole rings is 1. The Kier molecular flexibility index (Phi) is 2.30. The van der Waals surface area contributed by atoms with Crippen molar-refractivity contribution in [3.63, 3.8) is 0 Å². The lowest BCUT2D eigenvalue weighted by molar-refractivity contribution is 0.100. The van der Waals surface area contributed by atoms with Crippen molar-refractivity contribution in [1.29, 1.82) is 0 Å². The van der Waals surface area contributed by atoms with E-state index in [-0.39, 0.29) is 0 Å². The molecule has 88 valence electrons. The van der Waals surface area contributed by atoms with Crippen LogP contribution >= 0.6 is 0 Å². The van der Waals surface area contributed by atoms with Gasteiger partial charge in [-0.15, -0.1) is 0 Å². The highest BCUT2D eigenvalue weighted by molar-refractivity contribution is 5.99. The van der Waals surface area contributed by atoms with Crippen molar-refractivity contribution < 1.29 is 4.79 Å². The number of carbonyl (C=O) groups is 1. The fraction of sp³-hybridized carbons (Fsp3) is 0. The molecule has 1 aromatic carbocycles. The third kappa shape index (κ3) is 1.62. The largest absolute Gasteiger partial charge is 0.366 e. The molecule has 5 heteroatoms. The molecular weight excluding hydrogens is 228 g/mol. The van der Waals surface area contributed by atoms with Gasteiger partial charge in [0.15, 0.2) is 5.65 Å². The summed E-state index contributed by atoms with van der Waals surface area (Å²) in [6.07, 6.45) is 6.99. The molecule has 0 atom stereocenters. The monoisotopic (exact) mass is 238 g/mol. The molecular formula is C13H10N4O. The molecule has 0 aliphatic carbocycles. The predicted molar refractivity (Wildman–Crippen MR) is 66.9 cm³/mol. The first-order chi connectivity index (χ1) is 8.75. The Labute approximate surface area is 103 Å². The number of aromatic nitrogens is 3. The Balaban J connectivity index is 2.23. The van der Waals surface area contributed by atoms with Crippen LogP contribution in [0.25, 0.3) is 16.9 Å². The van der Waals surface area contributed by atoms with Gasteiger partial charge in [0.05, 0.1) is 11.9 Å². The molecule has 0 aliphatic rings. The van der Waals surface area contributed by atoms with Gasteiger partial charge in [-0.2, -0.15) is 0 Å². The Bertz CT molecular complexity index is 699. The normalized spacial score (nSPS) is 10.7. The first-order valence-electron chi connectivity index (χ1n) is 5.43. The minimum atomic E-state index is -0.458. The molecule has 3 aromatic rings. The van der Waals surface area contributed by atoms with E-state index >= 15 is 0 Å². The summed E-state index contributed by atoms with van der Waals surface area (Å²) in [7, 11) is 0. The quantitative estimate of drug-likeness (QED) is 0.735. The second-order valence-electron chi connectivity index (χ2n) is 3.88. The van der Waals surface area contributed by atoms with Crippen LogP contribution in [-0.2, 0) is 0 Å². The van der Waals surface area contributed by atoms with Gasteiger partial charge in [0.1, 0.15) is 0 Å². The van der Waals surface area contributed by atoms with E-state index in [1.54, 1.807) is 30.7 Å². The average molecular weight is 238 g/mol. The molecule has 18 heavy (non-hydrogen) atoms. The summed E-state index contributed by atoms with van der Waals surface area (Å²) in [4.78, 5) is 19.8. The summed E-state index contributed by atoms with van der Waals surface area (Å²) in [5.41, 5.74) is 7.99. The highest BCUT2D eigenvalue weighted by Gasteiger charge is 2.11. The fourth-order valence-electron chi connectivity index (χ4n) is 1.89. The predicted octanol–water partition coefficient (Wildman–Crippen LogP) is 1.50. The van der Waals surface area contributed by atoms with Crippen molar-refractivity contribution in [3.05, 3.63) is 54.6 Å². The number of hydrogen-bond donors (Lipinski definition) is 1. The number of carbonyl (C=O) groups excluding carboxylic acids is 1. The molecule has 0 bridgehead atoms. The molecule has 0 radical (unpaired) electrons. The highest BCUT2D eigenvalue weighted by atomic mass is 16.1. The molecule has 1 amide bonds. The number of hydrogen-bond acceptors (Lipinski definition) is 3. The third-order valence-corrected chi connectivity index (χ3v) is 2.73. The molecule has 0 aliphatic heterocycles. The van der Waals surface area contributed by atoms with Gasteiger partial charge in [-0.3, -0.25) is 9.78 Å². The van der Waals surface area contributed by atoms with Gasteiger partial charge in [-0.1, -0.05) is 18.2 Å². The standard InChI is InChI=1S/C13H10N4O/c14-13(18)10-4-2-1-3-9(10)11-8-17-6-5-15-7-12(17)16-11/h1-8H,(H2,14,18). The Morgan fingerprint density at radius 2 is 2.11 bits per heavy atom. The molecule has 0 unspecified atom stereocenters. The summed E-state index contributed by atoms with van der Waals surface area (Å²) in [6, 6.07) is 7.15. The van der Waals surface area contributed by atoms with Crippen molar-refractivity contribution in [2.75, 3.05) is 0 Å². The number of amides is 1. The van der Waals surface area contributed by atoms with E-state index in [9.17, 15) is 4.79 Å². The van der Waals surface area contributed by atoms with Gasteiger partial charge in [0.2, 0.25) is 5.91 Å². The summed E-state index contributed by atoms with van der Waals surface area (Å²) < 4.78 is 1.85. The van der Waals surface area contributed by atoms with Gasteiger partial charge >= 0.3 is 0 Å². The lowest BCUT2D eigenvalue weighted by Gasteiger charge is -2.02. The Hall–Kier alpha value is -2.69. The van der Waals surface area contributed by atoms with Crippen molar-refractivity contribution in [1.82, 2.24) is 14.4 Å². The van der Waals surface area contributed by atoms with E-state index in [0.29, 0.717) is 11.3 Å². The van der Waals surface area contributed by atoms with Crippen LogP contribution in [0, 0.1) is 0 Å². The molecule has 2 heterocycles. The van der Waals surface area contributed by atoms with E-state index < -0.39 is 5.91 Å². The van der Waals surface area contributed by atoms with Crippen LogP contribution in [-0.4, -0.2) is 20.3 Å². The number of nitrogens with zero attached hydrogens (tertiary/aromatic N) is 3. The average Bonchev–Trinajstić information content (AvgIpc) is 2.82. The maximum atomic E-state index is 11.4. The van der Waals surface area contributed by atoms with E-state index in [1.807, 2.05) is 22.7 Å². The maximum absolute atomic E-state index is 11.4. The lowest BCUT2D eigenvalue weighted by Crippen LogP contribution is -2.12. The van der Waals surface area contributed by atoms with Gasteiger partial charge in [0, 0.05) is 29.7 Å². The topological polar surface area (TPSA) is 73.3 Å². The van der Waals surface area contributed by atoms with E-state index in [0.717, 1.165) is 11.2 Å². The third-order valence-electron chi connectivity index (χ3n) is 2.73. The molecule has 0 fully saturated rings. The number of fused-ring (bicyclic) bond motifs is 1. The molecule has 0 saturated heterocycles. The zero-order chi connectivity index (χ0) is 12.5. The summed E-state index contributed by atoms with van der Waals surface area (Å²) in [5.74, 6) is -0.458. The van der Waals surface area contributed by atoms with Crippen LogP contribution in [0.1, 0.15) is 10.4 Å². The van der Waals surface area contributed by atoms with Gasteiger partial charge < -0.3 is 10.1 Å². The summed E-state index contributed by atoms with van der Waals surface area (Å²) in [5, 5.41) is 0. The minimum Gasteiger partial charge on any atom is -0.366 e. The molecule has 0 spiro atoms. The SMILES string of the molecule is NC(=O)c1ccccc1-c1cn2ccncc2n1. The van der Waals surface area contributed by atoms with Crippen LogP contribution in [0.2, 0.25) is 0 Å². The number of nitrogens with two attached hydrogens (primary N) is 1. The number of primary amides is 1. The molecule has 2 aromatic heterocycles. The number of rotatable bonds is 2. The van der Waals surface area contributed by atoms with Crippen molar-refractivity contribution in [2.45, 2.75) is 0 Å². The summed E-state index contributed by atoms with van der Waals surface area (Å²) >= 11 is 0. The summed E-state index contributed by atoms with van der Waals surface area (Å²) in [6.45, 7) is 0. The minimum absolute atomic E-state index is 0.458. The first-order valence-corrected chi connectivity index (χ1v) is 5.43. The second-order valence-corrected chi connectivity index (χ2v) is 3.88. The molecule has 5 nitrogen and oxygen atoms in total. The zero-order valence-electron chi connectivity index (χ0n) is 9.45. The van der Waals surface area contributed by atoms with Crippen molar-refractivity contribution >= 4 is 11.6 Å². The van der Waals surface area contributed by atoms with Crippen LogP contribution in [0.4, 0.5) is 0 Å². The van der Waals surface area contributed by atoms with Crippen LogP contribution < -0.4 is 5.73 Å². The van der Waals surface area contributed by atoms with Gasteiger partial charge in [-0.25, -0.2) is 4.98 Å². The van der Waals surface area contributed by atoms with Crippen LogP contribution in [0.15, 0.2) is 49.1 Å². The Morgan fingerprint density at radius 1 is 1.28 bits per heavy atom. The van der Waals surface area contributed by atoms with E-state index in [2.05, 4.69) is 9.97 Å². The number of benzene rings is 1. The molecule has 3 rings (SSSR count).